The summed E-state index contributed by atoms with van der Waals surface area (Å²) >= 11 is 0. The fraction of sp³-hybridized carbons (Fsp3) is 0.690. The van der Waals surface area contributed by atoms with Crippen LogP contribution in [0, 0.1) is 29.6 Å². The molecule has 13 atom stereocenters. The molecule has 0 aromatic heterocycles. The number of rotatable bonds is 5. The molecule has 5 rings (SSSR count). The molecule has 3 N–H and O–H groups in total. The molecular formula is C42H60O12. The Labute approximate surface area is 319 Å². The number of carbonyl (C=O) groups excluding carboxylic acids is 3. The average molecular weight is 757 g/mol. The number of aliphatic hydroxyl groups excluding tert-OH is 2. The third-order valence-corrected chi connectivity index (χ3v) is 11.7. The number of carbonyl (C=O) groups is 3. The Hall–Kier alpha value is -3.13. The van der Waals surface area contributed by atoms with Gasteiger partial charge in [0.2, 0.25) is 5.79 Å². The summed E-state index contributed by atoms with van der Waals surface area (Å²) in [6, 6.07) is 0. The van der Waals surface area contributed by atoms with Crippen molar-refractivity contribution in [3.05, 3.63) is 58.7 Å². The first-order valence-electron chi connectivity index (χ1n) is 19.4. The smallest absolute Gasteiger partial charge is 0.316 e. The first kappa shape index (κ1) is 42.0. The van der Waals surface area contributed by atoms with E-state index in [1.165, 1.54) is 6.08 Å². The number of fused-ring (bicyclic) bond motifs is 2. The van der Waals surface area contributed by atoms with Crippen LogP contribution >= 0.6 is 0 Å². The molecule has 12 heteroatoms. The molecule has 3 fully saturated rings. The van der Waals surface area contributed by atoms with E-state index >= 15 is 0 Å². The third kappa shape index (κ3) is 8.06. The lowest BCUT2D eigenvalue weighted by atomic mass is 9.71. The predicted octanol–water partition coefficient (Wildman–Crippen LogP) is 4.81. The molecule has 3 unspecified atom stereocenters. The van der Waals surface area contributed by atoms with Gasteiger partial charge in [-0.15, -0.1) is 0 Å². The molecule has 300 valence electrons. The van der Waals surface area contributed by atoms with Gasteiger partial charge in [0.25, 0.3) is 0 Å². The lowest BCUT2D eigenvalue weighted by Crippen LogP contribution is -2.67. The Kier molecular flexibility index (Phi) is 12.9. The van der Waals surface area contributed by atoms with Gasteiger partial charge in [-0.05, 0) is 56.4 Å². The minimum absolute atomic E-state index is 0.0324. The van der Waals surface area contributed by atoms with Gasteiger partial charge in [0, 0.05) is 24.7 Å². The largest absolute Gasteiger partial charge is 0.462 e. The van der Waals surface area contributed by atoms with Crippen molar-refractivity contribution in [2.24, 2.45) is 29.6 Å². The molecule has 54 heavy (non-hydrogen) atoms. The highest BCUT2D eigenvalue weighted by Gasteiger charge is 2.62. The normalized spacial score (nSPS) is 42.9. The maximum atomic E-state index is 14.3. The Morgan fingerprint density at radius 2 is 1.67 bits per heavy atom. The topological polar surface area (TPSA) is 167 Å². The number of hydrogen-bond donors (Lipinski definition) is 3. The van der Waals surface area contributed by atoms with Crippen molar-refractivity contribution in [2.45, 2.75) is 149 Å². The fourth-order valence-electron chi connectivity index (χ4n) is 8.25. The second kappa shape index (κ2) is 16.5. The molecular weight excluding hydrogens is 696 g/mol. The molecule has 4 heterocycles. The van der Waals surface area contributed by atoms with Crippen LogP contribution in [0.25, 0.3) is 0 Å². The SMILES string of the molecule is C/C=C(\C)[C@H]1O[C@@]2(C[C@@H]3C[C@@H](C/C=C(\C)C(OC(=O)C(C)C)[C@@H](C)/C=C/C=C4\CO[C@@H]5[C@H](O)C(C)=CC(C(=O)O3)[C@]45O)O2)[C@H](O)C(OC(=O)C(C)C)[C@@H]1C. The number of esters is 3. The Balaban J connectivity index is 1.63. The second-order valence-corrected chi connectivity index (χ2v) is 16.5. The summed E-state index contributed by atoms with van der Waals surface area (Å²) in [4.78, 5) is 40.3. The Morgan fingerprint density at radius 1 is 1.00 bits per heavy atom. The molecule has 5 aliphatic rings. The zero-order valence-corrected chi connectivity index (χ0v) is 33.3. The molecule has 0 radical (unpaired) electrons. The van der Waals surface area contributed by atoms with E-state index in [9.17, 15) is 29.7 Å². The molecule has 0 aromatic carbocycles. The van der Waals surface area contributed by atoms with E-state index in [-0.39, 0.29) is 43.7 Å². The van der Waals surface area contributed by atoms with Crippen LogP contribution in [0.5, 0.6) is 0 Å². The van der Waals surface area contributed by atoms with Crippen molar-refractivity contribution >= 4 is 17.9 Å². The summed E-state index contributed by atoms with van der Waals surface area (Å²) in [5.74, 6) is -6.13. The summed E-state index contributed by atoms with van der Waals surface area (Å²) in [7, 11) is 0. The van der Waals surface area contributed by atoms with Gasteiger partial charge in [0.05, 0.1) is 30.7 Å². The van der Waals surface area contributed by atoms with Crippen molar-refractivity contribution < 1.29 is 58.1 Å². The van der Waals surface area contributed by atoms with Crippen LogP contribution in [0.3, 0.4) is 0 Å². The molecule has 0 aromatic rings. The second-order valence-electron chi connectivity index (χ2n) is 16.5. The van der Waals surface area contributed by atoms with Gasteiger partial charge < -0.3 is 43.7 Å². The summed E-state index contributed by atoms with van der Waals surface area (Å²) in [6.45, 7) is 18.0. The molecule has 0 saturated carbocycles. The third-order valence-electron chi connectivity index (χ3n) is 11.7. The van der Waals surface area contributed by atoms with Crippen LogP contribution in [-0.4, -0.2) is 100 Å². The molecule has 2 bridgehead atoms. The summed E-state index contributed by atoms with van der Waals surface area (Å²) in [5, 5.41) is 35.6. The summed E-state index contributed by atoms with van der Waals surface area (Å²) < 4.78 is 37.7. The quantitative estimate of drug-likeness (QED) is 0.200. The standard InChI is InChI=1S/C42H60O12/c1-11-23(6)34-27(10)35(52-39(46)22(4)5)36(44)41(54-34)19-30-18-29(53-41)16-15-25(8)33(51-38(45)21(2)3)24(7)13-12-14-28-20-49-37-32(43)26(9)17-31(40(47)50-30)42(28,37)48/h11-15,17,21-22,24,27,29-37,43-44,48H,16,18-20H2,1-10H3/b13-12+,23-11+,25-15+,28-14+/t24-,27+,29+,30-,31?,32+,33?,34+,35?,36+,37+,41-,42+/m0/s1. The summed E-state index contributed by atoms with van der Waals surface area (Å²) in [6.07, 6.45) is 3.47. The van der Waals surface area contributed by atoms with Gasteiger partial charge in [-0.3, -0.25) is 14.4 Å². The maximum Gasteiger partial charge on any atom is 0.316 e. The maximum absolute atomic E-state index is 14.3. The van der Waals surface area contributed by atoms with E-state index in [0.717, 1.165) is 11.1 Å². The van der Waals surface area contributed by atoms with Crippen molar-refractivity contribution in [3.8, 4) is 0 Å². The van der Waals surface area contributed by atoms with E-state index in [2.05, 4.69) is 0 Å². The highest BCUT2D eigenvalue weighted by Crippen LogP contribution is 2.48. The fourth-order valence-corrected chi connectivity index (χ4v) is 8.25. The minimum Gasteiger partial charge on any atom is -0.462 e. The van der Waals surface area contributed by atoms with Crippen molar-refractivity contribution in [1.29, 1.82) is 0 Å². The van der Waals surface area contributed by atoms with Gasteiger partial charge in [-0.1, -0.05) is 78.0 Å². The van der Waals surface area contributed by atoms with E-state index < -0.39 is 89.9 Å². The van der Waals surface area contributed by atoms with Crippen LogP contribution in [-0.2, 0) is 42.8 Å². The van der Waals surface area contributed by atoms with Crippen molar-refractivity contribution in [1.82, 2.24) is 0 Å². The minimum atomic E-state index is -1.93. The molecule has 0 amide bonds. The summed E-state index contributed by atoms with van der Waals surface area (Å²) in [5.41, 5.74) is 0.528. The van der Waals surface area contributed by atoms with E-state index in [0.29, 0.717) is 11.1 Å². The number of allylic oxidation sites excluding steroid dienone is 3. The first-order chi connectivity index (χ1) is 25.3. The van der Waals surface area contributed by atoms with Gasteiger partial charge in [-0.2, -0.15) is 0 Å². The Bertz CT molecular complexity index is 1590. The number of hydrogen-bond acceptors (Lipinski definition) is 12. The molecule has 1 spiro atoms. The molecule has 3 saturated heterocycles. The van der Waals surface area contributed by atoms with Gasteiger partial charge in [0.1, 0.15) is 48.1 Å². The van der Waals surface area contributed by atoms with Gasteiger partial charge >= 0.3 is 17.9 Å². The highest BCUT2D eigenvalue weighted by molar-refractivity contribution is 5.78. The average Bonchev–Trinajstić information content (AvgIpc) is 3.46. The molecule has 4 aliphatic heterocycles. The first-order valence-corrected chi connectivity index (χ1v) is 19.4. The van der Waals surface area contributed by atoms with Crippen molar-refractivity contribution in [3.63, 3.8) is 0 Å². The van der Waals surface area contributed by atoms with E-state index in [1.807, 2.05) is 52.8 Å². The molecule has 1 aliphatic carbocycles. The molecule has 12 nitrogen and oxygen atoms in total. The predicted molar refractivity (Wildman–Crippen MR) is 198 cm³/mol. The van der Waals surface area contributed by atoms with E-state index in [4.69, 9.17) is 28.4 Å². The lowest BCUT2D eigenvalue weighted by molar-refractivity contribution is -0.380. The Morgan fingerprint density at radius 3 is 2.31 bits per heavy atom. The zero-order valence-electron chi connectivity index (χ0n) is 33.3. The highest BCUT2D eigenvalue weighted by atomic mass is 16.7. The van der Waals surface area contributed by atoms with E-state index in [1.54, 1.807) is 46.8 Å². The van der Waals surface area contributed by atoms with Crippen LogP contribution in [0.4, 0.5) is 0 Å². The zero-order chi connectivity index (χ0) is 39.9. The van der Waals surface area contributed by atoms with Crippen LogP contribution in [0.1, 0.15) is 88.5 Å². The van der Waals surface area contributed by atoms with Gasteiger partial charge in [0.15, 0.2) is 0 Å². The van der Waals surface area contributed by atoms with Crippen LogP contribution < -0.4 is 0 Å². The lowest BCUT2D eigenvalue weighted by Gasteiger charge is -2.54. The monoisotopic (exact) mass is 756 g/mol. The van der Waals surface area contributed by atoms with Crippen LogP contribution in [0.15, 0.2) is 58.7 Å². The van der Waals surface area contributed by atoms with Gasteiger partial charge in [-0.25, -0.2) is 0 Å². The van der Waals surface area contributed by atoms with Crippen molar-refractivity contribution in [2.75, 3.05) is 6.61 Å². The number of aliphatic hydroxyl groups is 3. The van der Waals surface area contributed by atoms with Crippen LogP contribution in [0.2, 0.25) is 0 Å². The number of ether oxygens (including phenoxy) is 6.